The van der Waals surface area contributed by atoms with E-state index < -0.39 is 29.4 Å². The topological polar surface area (TPSA) is 61.8 Å². The molecule has 1 heterocycles. The Kier molecular flexibility index (Phi) is 4.94. The summed E-state index contributed by atoms with van der Waals surface area (Å²) in [6.45, 7) is 2.89. The van der Waals surface area contributed by atoms with Gasteiger partial charge in [0.1, 0.15) is 29.6 Å². The van der Waals surface area contributed by atoms with E-state index in [1.165, 1.54) is 19.9 Å². The zero-order valence-corrected chi connectivity index (χ0v) is 14.6. The molecule has 0 N–H and O–H groups in total. The molecule has 0 bridgehead atoms. The Morgan fingerprint density at radius 3 is 2.22 bits per heavy atom. The Morgan fingerprint density at radius 1 is 1.00 bits per heavy atom. The summed E-state index contributed by atoms with van der Waals surface area (Å²) in [7, 11) is 0. The number of hydrogen-bond donors (Lipinski definition) is 0. The van der Waals surface area contributed by atoms with Gasteiger partial charge < -0.3 is 14.2 Å². The van der Waals surface area contributed by atoms with Crippen LogP contribution in [0, 0.1) is 11.6 Å². The molecule has 5 nitrogen and oxygen atoms in total. The van der Waals surface area contributed by atoms with Gasteiger partial charge in [-0.1, -0.05) is 24.3 Å². The molecule has 0 saturated carbocycles. The lowest BCUT2D eigenvalue weighted by Crippen LogP contribution is -2.41. The molecule has 0 aromatic heterocycles. The SMILES string of the molecule is CC1(C)OC(=O)C(=Cc2ccccc2COc2cc(F)cc(F)c2)C(=O)O1. The summed E-state index contributed by atoms with van der Waals surface area (Å²) >= 11 is 0. The number of halogens is 2. The van der Waals surface area contributed by atoms with Crippen molar-refractivity contribution >= 4 is 18.0 Å². The van der Waals surface area contributed by atoms with Crippen molar-refractivity contribution in [1.82, 2.24) is 0 Å². The molecule has 0 spiro atoms. The van der Waals surface area contributed by atoms with Gasteiger partial charge in [-0.25, -0.2) is 18.4 Å². The van der Waals surface area contributed by atoms with Crippen molar-refractivity contribution in [1.29, 1.82) is 0 Å². The van der Waals surface area contributed by atoms with E-state index in [4.69, 9.17) is 14.2 Å². The summed E-state index contributed by atoms with van der Waals surface area (Å²) in [5, 5.41) is 0. The second kappa shape index (κ2) is 7.19. The first-order valence-electron chi connectivity index (χ1n) is 8.09. The van der Waals surface area contributed by atoms with Gasteiger partial charge in [-0.15, -0.1) is 0 Å². The standard InChI is InChI=1S/C20H16F2O5/c1-20(2)26-18(23)17(19(24)27-20)7-12-5-3-4-6-13(12)11-25-16-9-14(21)8-15(22)10-16/h3-10H,11H2,1-2H3. The Morgan fingerprint density at radius 2 is 1.59 bits per heavy atom. The summed E-state index contributed by atoms with van der Waals surface area (Å²) in [5.74, 6) is -4.40. The second-order valence-electron chi connectivity index (χ2n) is 6.33. The van der Waals surface area contributed by atoms with Gasteiger partial charge in [-0.05, 0) is 17.2 Å². The summed E-state index contributed by atoms with van der Waals surface area (Å²) in [4.78, 5) is 24.2. The van der Waals surface area contributed by atoms with Gasteiger partial charge >= 0.3 is 11.9 Å². The van der Waals surface area contributed by atoms with Crippen molar-refractivity contribution in [3.05, 3.63) is 70.8 Å². The molecule has 0 amide bonds. The maximum absolute atomic E-state index is 13.3. The highest BCUT2D eigenvalue weighted by Gasteiger charge is 2.38. The number of rotatable bonds is 4. The van der Waals surface area contributed by atoms with E-state index in [9.17, 15) is 18.4 Å². The van der Waals surface area contributed by atoms with E-state index in [0.29, 0.717) is 11.1 Å². The summed E-state index contributed by atoms with van der Waals surface area (Å²) in [6, 6.07) is 9.66. The van der Waals surface area contributed by atoms with Crippen LogP contribution in [0.4, 0.5) is 8.78 Å². The Bertz CT molecular complexity index is 891. The number of ether oxygens (including phenoxy) is 3. The average molecular weight is 374 g/mol. The quantitative estimate of drug-likeness (QED) is 0.463. The van der Waals surface area contributed by atoms with Crippen molar-refractivity contribution < 1.29 is 32.6 Å². The van der Waals surface area contributed by atoms with Crippen LogP contribution in [0.15, 0.2) is 48.0 Å². The number of cyclic esters (lactones) is 2. The first-order valence-corrected chi connectivity index (χ1v) is 8.09. The van der Waals surface area contributed by atoms with Gasteiger partial charge in [0.15, 0.2) is 0 Å². The van der Waals surface area contributed by atoms with Gasteiger partial charge in [-0.2, -0.15) is 0 Å². The lowest BCUT2D eigenvalue weighted by molar-refractivity contribution is -0.222. The number of esters is 2. The van der Waals surface area contributed by atoms with E-state index in [1.54, 1.807) is 24.3 Å². The summed E-state index contributed by atoms with van der Waals surface area (Å²) < 4.78 is 42.1. The van der Waals surface area contributed by atoms with Crippen molar-refractivity contribution in [2.75, 3.05) is 0 Å². The predicted octanol–water partition coefficient (Wildman–Crippen LogP) is 3.76. The fourth-order valence-corrected chi connectivity index (χ4v) is 2.51. The monoisotopic (exact) mass is 374 g/mol. The molecular formula is C20H16F2O5. The van der Waals surface area contributed by atoms with Crippen LogP contribution in [-0.2, 0) is 25.7 Å². The highest BCUT2D eigenvalue weighted by atomic mass is 19.1. The summed E-state index contributed by atoms with van der Waals surface area (Å²) in [5.41, 5.74) is 0.858. The molecule has 7 heteroatoms. The first-order chi connectivity index (χ1) is 12.7. The molecule has 0 aliphatic carbocycles. The normalized spacial score (nSPS) is 15.8. The molecule has 140 valence electrons. The van der Waals surface area contributed by atoms with E-state index in [-0.39, 0.29) is 17.9 Å². The number of hydrogen-bond acceptors (Lipinski definition) is 5. The maximum Gasteiger partial charge on any atom is 0.348 e. The van der Waals surface area contributed by atoms with Crippen LogP contribution in [0.25, 0.3) is 6.08 Å². The van der Waals surface area contributed by atoms with Crippen LogP contribution in [0.1, 0.15) is 25.0 Å². The van der Waals surface area contributed by atoms with E-state index in [2.05, 4.69) is 0 Å². The maximum atomic E-state index is 13.3. The molecule has 1 aliphatic rings. The van der Waals surface area contributed by atoms with Crippen molar-refractivity contribution in [2.45, 2.75) is 26.2 Å². The van der Waals surface area contributed by atoms with Crippen molar-refractivity contribution in [3.8, 4) is 5.75 Å². The molecular weight excluding hydrogens is 358 g/mol. The minimum Gasteiger partial charge on any atom is -0.489 e. The Balaban J connectivity index is 1.84. The highest BCUT2D eigenvalue weighted by Crippen LogP contribution is 2.25. The molecule has 3 rings (SSSR count). The van der Waals surface area contributed by atoms with Gasteiger partial charge in [0.2, 0.25) is 0 Å². The van der Waals surface area contributed by atoms with Crippen molar-refractivity contribution in [3.63, 3.8) is 0 Å². The van der Waals surface area contributed by atoms with Crippen LogP contribution in [0.2, 0.25) is 0 Å². The van der Waals surface area contributed by atoms with Gasteiger partial charge in [0.25, 0.3) is 5.79 Å². The van der Waals surface area contributed by atoms with Crippen LogP contribution in [0.5, 0.6) is 5.75 Å². The first kappa shape index (κ1) is 18.6. The van der Waals surface area contributed by atoms with E-state index >= 15 is 0 Å². The zero-order valence-electron chi connectivity index (χ0n) is 14.6. The minimum atomic E-state index is -1.32. The minimum absolute atomic E-state index is 0.0215. The van der Waals surface area contributed by atoms with E-state index in [0.717, 1.165) is 18.2 Å². The highest BCUT2D eigenvalue weighted by molar-refractivity contribution is 6.18. The third-order valence-electron chi connectivity index (χ3n) is 3.70. The number of benzene rings is 2. The predicted molar refractivity (Wildman–Crippen MR) is 91.4 cm³/mol. The van der Waals surface area contributed by atoms with Gasteiger partial charge in [0, 0.05) is 32.0 Å². The molecule has 27 heavy (non-hydrogen) atoms. The van der Waals surface area contributed by atoms with Crippen molar-refractivity contribution in [2.24, 2.45) is 0 Å². The summed E-state index contributed by atoms with van der Waals surface area (Å²) in [6.07, 6.45) is 1.34. The van der Waals surface area contributed by atoms with Gasteiger partial charge in [-0.3, -0.25) is 0 Å². The number of carbonyl (C=O) groups excluding carboxylic acids is 2. The lowest BCUT2D eigenvalue weighted by atomic mass is 10.0. The lowest BCUT2D eigenvalue weighted by Gasteiger charge is -2.29. The molecule has 2 aromatic carbocycles. The van der Waals surface area contributed by atoms with Gasteiger partial charge in [0.05, 0.1) is 0 Å². The Hall–Kier alpha value is -3.22. The van der Waals surface area contributed by atoms with E-state index in [1.807, 2.05) is 0 Å². The fraction of sp³-hybridized carbons (Fsp3) is 0.200. The van der Waals surface area contributed by atoms with Crippen LogP contribution >= 0.6 is 0 Å². The molecule has 1 saturated heterocycles. The molecule has 0 radical (unpaired) electrons. The largest absolute Gasteiger partial charge is 0.489 e. The Labute approximate surface area is 154 Å². The molecule has 0 atom stereocenters. The molecule has 1 aliphatic heterocycles. The third-order valence-corrected chi connectivity index (χ3v) is 3.70. The number of carbonyl (C=O) groups is 2. The fourth-order valence-electron chi connectivity index (χ4n) is 2.51. The molecule has 0 unspecified atom stereocenters. The average Bonchev–Trinajstić information content (AvgIpc) is 2.55. The van der Waals surface area contributed by atoms with Crippen LogP contribution in [-0.4, -0.2) is 17.7 Å². The molecule has 1 fully saturated rings. The zero-order chi connectivity index (χ0) is 19.6. The third kappa shape index (κ3) is 4.49. The smallest absolute Gasteiger partial charge is 0.348 e. The molecule has 2 aromatic rings. The second-order valence-corrected chi connectivity index (χ2v) is 6.33. The van der Waals surface area contributed by atoms with Crippen LogP contribution < -0.4 is 4.74 Å². The van der Waals surface area contributed by atoms with Crippen LogP contribution in [0.3, 0.4) is 0 Å².